The summed E-state index contributed by atoms with van der Waals surface area (Å²) in [6, 6.07) is 1.91. The molecule has 0 saturated heterocycles. The Morgan fingerprint density at radius 3 is 2.81 bits per heavy atom. The Hall–Kier alpha value is -1.00. The Bertz CT molecular complexity index is 536. The molecule has 1 heterocycles. The van der Waals surface area contributed by atoms with E-state index < -0.39 is 0 Å². The first-order chi connectivity index (χ1) is 7.49. The van der Waals surface area contributed by atoms with E-state index in [-0.39, 0.29) is 6.10 Å². The Kier molecular flexibility index (Phi) is 2.95. The first kappa shape index (κ1) is 11.5. The molecule has 0 aliphatic carbocycles. The van der Waals surface area contributed by atoms with Crippen molar-refractivity contribution >= 4 is 38.3 Å². The molecular weight excluding hydrogens is 244 g/mol. The number of aryl methyl sites for hydroxylation is 1. The maximum absolute atomic E-state index is 6.21. The molecule has 1 aromatic carbocycles. The molecule has 0 fully saturated rings. The molecule has 0 bridgehead atoms. The molecule has 0 aliphatic rings. The number of ether oxygens (including phenoxy) is 1. The van der Waals surface area contributed by atoms with Crippen molar-refractivity contribution in [2.45, 2.75) is 26.9 Å². The van der Waals surface area contributed by atoms with E-state index in [2.05, 4.69) is 4.98 Å². The maximum Gasteiger partial charge on any atom is 0.181 e. The minimum absolute atomic E-state index is 0.103. The van der Waals surface area contributed by atoms with Crippen LogP contribution in [0.3, 0.4) is 0 Å². The van der Waals surface area contributed by atoms with Crippen molar-refractivity contribution in [2.24, 2.45) is 0 Å². The molecule has 0 unspecified atom stereocenters. The average molecular weight is 257 g/mol. The van der Waals surface area contributed by atoms with E-state index >= 15 is 0 Å². The third-order valence-corrected chi connectivity index (χ3v) is 3.63. The van der Waals surface area contributed by atoms with Crippen molar-refractivity contribution in [2.75, 3.05) is 5.73 Å². The van der Waals surface area contributed by atoms with Crippen molar-refractivity contribution in [3.8, 4) is 5.75 Å². The molecule has 16 heavy (non-hydrogen) atoms. The standard InChI is InChI=1S/C11H13ClN2OS/c1-5(2)15-7-4-6(3)8(12)10-9(7)14-11(13)16-10/h4-5H,1-3H3,(H2,13,14). The summed E-state index contributed by atoms with van der Waals surface area (Å²) in [6.45, 7) is 5.90. The first-order valence-corrected chi connectivity index (χ1v) is 6.20. The summed E-state index contributed by atoms with van der Waals surface area (Å²) in [4.78, 5) is 4.25. The molecule has 0 amide bonds. The quantitative estimate of drug-likeness (QED) is 0.893. The molecule has 0 atom stereocenters. The normalized spacial score (nSPS) is 11.3. The lowest BCUT2D eigenvalue weighted by Gasteiger charge is -2.11. The van der Waals surface area contributed by atoms with E-state index in [1.807, 2.05) is 26.8 Å². The maximum atomic E-state index is 6.21. The first-order valence-electron chi connectivity index (χ1n) is 5.00. The van der Waals surface area contributed by atoms with Gasteiger partial charge in [0.25, 0.3) is 0 Å². The Labute approximate surface area is 103 Å². The summed E-state index contributed by atoms with van der Waals surface area (Å²) in [5.41, 5.74) is 7.44. The number of fused-ring (bicyclic) bond motifs is 1. The second kappa shape index (κ2) is 4.11. The monoisotopic (exact) mass is 256 g/mol. The van der Waals surface area contributed by atoms with Crippen LogP contribution in [0.5, 0.6) is 5.75 Å². The van der Waals surface area contributed by atoms with Gasteiger partial charge in [0, 0.05) is 0 Å². The summed E-state index contributed by atoms with van der Waals surface area (Å²) in [5, 5.41) is 1.22. The number of nitrogens with zero attached hydrogens (tertiary/aromatic N) is 1. The van der Waals surface area contributed by atoms with Crippen LogP contribution in [0.25, 0.3) is 10.2 Å². The minimum Gasteiger partial charge on any atom is -0.489 e. The number of aromatic nitrogens is 1. The molecule has 0 aliphatic heterocycles. The van der Waals surface area contributed by atoms with Crippen LogP contribution in [0.4, 0.5) is 5.13 Å². The number of halogens is 1. The topological polar surface area (TPSA) is 48.1 Å². The molecule has 5 heteroatoms. The van der Waals surface area contributed by atoms with Gasteiger partial charge in [-0.1, -0.05) is 22.9 Å². The predicted molar refractivity (Wildman–Crippen MR) is 69.5 cm³/mol. The van der Waals surface area contributed by atoms with Crippen LogP contribution in [-0.2, 0) is 0 Å². The van der Waals surface area contributed by atoms with Gasteiger partial charge in [-0.05, 0) is 32.4 Å². The van der Waals surface area contributed by atoms with Gasteiger partial charge in [-0.15, -0.1) is 0 Å². The third-order valence-electron chi connectivity index (χ3n) is 2.13. The van der Waals surface area contributed by atoms with Gasteiger partial charge in [-0.25, -0.2) is 4.98 Å². The Morgan fingerprint density at radius 1 is 1.50 bits per heavy atom. The van der Waals surface area contributed by atoms with Crippen LogP contribution in [0, 0.1) is 6.92 Å². The molecule has 2 rings (SSSR count). The fraction of sp³-hybridized carbons (Fsp3) is 0.364. The van der Waals surface area contributed by atoms with Gasteiger partial charge in [-0.3, -0.25) is 0 Å². The number of anilines is 1. The highest BCUT2D eigenvalue weighted by molar-refractivity contribution is 7.22. The largest absolute Gasteiger partial charge is 0.489 e. The fourth-order valence-electron chi connectivity index (χ4n) is 1.50. The van der Waals surface area contributed by atoms with Crippen LogP contribution >= 0.6 is 22.9 Å². The SMILES string of the molecule is Cc1cc(OC(C)C)c2nc(N)sc2c1Cl. The van der Waals surface area contributed by atoms with Gasteiger partial charge in [0.2, 0.25) is 0 Å². The van der Waals surface area contributed by atoms with Crippen molar-refractivity contribution in [1.29, 1.82) is 0 Å². The lowest BCUT2D eigenvalue weighted by Crippen LogP contribution is -2.06. The Morgan fingerprint density at radius 2 is 2.19 bits per heavy atom. The van der Waals surface area contributed by atoms with E-state index in [1.54, 1.807) is 0 Å². The number of nitrogen functional groups attached to an aromatic ring is 1. The van der Waals surface area contributed by atoms with E-state index in [0.29, 0.717) is 10.2 Å². The molecule has 0 radical (unpaired) electrons. The molecule has 2 N–H and O–H groups in total. The molecular formula is C11H13ClN2OS. The molecule has 86 valence electrons. The van der Waals surface area contributed by atoms with Crippen molar-refractivity contribution in [3.63, 3.8) is 0 Å². The van der Waals surface area contributed by atoms with Gasteiger partial charge in [-0.2, -0.15) is 0 Å². The van der Waals surface area contributed by atoms with Gasteiger partial charge < -0.3 is 10.5 Å². The van der Waals surface area contributed by atoms with Crippen LogP contribution in [0.1, 0.15) is 19.4 Å². The number of benzene rings is 1. The number of hydrogen-bond acceptors (Lipinski definition) is 4. The highest BCUT2D eigenvalue weighted by Gasteiger charge is 2.14. The smallest absolute Gasteiger partial charge is 0.181 e. The molecule has 0 saturated carbocycles. The van der Waals surface area contributed by atoms with Crippen molar-refractivity contribution in [1.82, 2.24) is 4.98 Å². The number of rotatable bonds is 2. The highest BCUT2D eigenvalue weighted by atomic mass is 35.5. The summed E-state index contributed by atoms with van der Waals surface area (Å²) in [6.07, 6.45) is 0.103. The molecule has 2 aromatic rings. The highest BCUT2D eigenvalue weighted by Crippen LogP contribution is 2.38. The van der Waals surface area contributed by atoms with Crippen LogP contribution in [0.15, 0.2) is 6.07 Å². The molecule has 3 nitrogen and oxygen atoms in total. The lowest BCUT2D eigenvalue weighted by molar-refractivity contribution is 0.245. The summed E-state index contributed by atoms with van der Waals surface area (Å²) < 4.78 is 6.60. The van der Waals surface area contributed by atoms with Crippen LogP contribution < -0.4 is 10.5 Å². The molecule has 0 spiro atoms. The molecule has 1 aromatic heterocycles. The van der Waals surface area contributed by atoms with Crippen molar-refractivity contribution in [3.05, 3.63) is 16.7 Å². The second-order valence-corrected chi connectivity index (χ2v) is 5.31. The zero-order chi connectivity index (χ0) is 11.9. The van der Waals surface area contributed by atoms with E-state index in [0.717, 1.165) is 21.5 Å². The lowest BCUT2D eigenvalue weighted by atomic mass is 10.2. The summed E-state index contributed by atoms with van der Waals surface area (Å²) in [5.74, 6) is 0.750. The zero-order valence-electron chi connectivity index (χ0n) is 9.37. The Balaban J connectivity index is 2.68. The van der Waals surface area contributed by atoms with Crippen LogP contribution in [-0.4, -0.2) is 11.1 Å². The predicted octanol–water partition coefficient (Wildman–Crippen LogP) is 3.63. The number of hydrogen-bond donors (Lipinski definition) is 1. The minimum atomic E-state index is 0.103. The van der Waals surface area contributed by atoms with Gasteiger partial charge in [0.15, 0.2) is 5.13 Å². The summed E-state index contributed by atoms with van der Waals surface area (Å²) >= 11 is 7.60. The summed E-state index contributed by atoms with van der Waals surface area (Å²) in [7, 11) is 0. The fourth-order valence-corrected chi connectivity index (χ4v) is 2.60. The van der Waals surface area contributed by atoms with E-state index in [4.69, 9.17) is 22.1 Å². The number of thiazole rings is 1. The van der Waals surface area contributed by atoms with Gasteiger partial charge >= 0.3 is 0 Å². The third kappa shape index (κ3) is 1.95. The van der Waals surface area contributed by atoms with E-state index in [9.17, 15) is 0 Å². The van der Waals surface area contributed by atoms with Gasteiger partial charge in [0.1, 0.15) is 11.3 Å². The van der Waals surface area contributed by atoms with Crippen LogP contribution in [0.2, 0.25) is 5.02 Å². The number of nitrogens with two attached hydrogens (primary N) is 1. The van der Waals surface area contributed by atoms with Gasteiger partial charge in [0.05, 0.1) is 15.8 Å². The second-order valence-electron chi connectivity index (χ2n) is 3.90. The zero-order valence-corrected chi connectivity index (χ0v) is 10.9. The van der Waals surface area contributed by atoms with Crippen molar-refractivity contribution < 1.29 is 4.74 Å². The average Bonchev–Trinajstić information content (AvgIpc) is 2.56. The van der Waals surface area contributed by atoms with E-state index in [1.165, 1.54) is 11.3 Å².